The van der Waals surface area contributed by atoms with Gasteiger partial charge in [-0.2, -0.15) is 0 Å². The average Bonchev–Trinajstić information content (AvgIpc) is 2.11. The Morgan fingerprint density at radius 1 is 1.43 bits per heavy atom. The molecule has 78 valence electrons. The highest BCUT2D eigenvalue weighted by molar-refractivity contribution is 9.10. The zero-order chi connectivity index (χ0) is 10.7. The van der Waals surface area contributed by atoms with E-state index in [0.717, 1.165) is 4.47 Å². The van der Waals surface area contributed by atoms with Crippen molar-refractivity contribution in [1.82, 2.24) is 0 Å². The smallest absolute Gasteiger partial charge is 0.126 e. The molecule has 1 nitrogen and oxygen atoms in total. The summed E-state index contributed by atoms with van der Waals surface area (Å²) in [5.41, 5.74) is 0.580. The van der Waals surface area contributed by atoms with Gasteiger partial charge in [0, 0.05) is 10.4 Å². The highest BCUT2D eigenvalue weighted by atomic mass is 79.9. The zero-order valence-electron chi connectivity index (χ0n) is 8.30. The Bertz CT molecular complexity index is 312. The van der Waals surface area contributed by atoms with Crippen LogP contribution in [0.2, 0.25) is 0 Å². The minimum atomic E-state index is -0.249. The van der Waals surface area contributed by atoms with E-state index in [-0.39, 0.29) is 24.3 Å². The molecule has 1 aromatic carbocycles. The van der Waals surface area contributed by atoms with Crippen molar-refractivity contribution in [3.05, 3.63) is 34.1 Å². The van der Waals surface area contributed by atoms with E-state index in [2.05, 4.69) is 15.9 Å². The van der Waals surface area contributed by atoms with Gasteiger partial charge >= 0.3 is 0 Å². The van der Waals surface area contributed by atoms with Gasteiger partial charge in [0.2, 0.25) is 0 Å². The lowest BCUT2D eigenvalue weighted by Crippen LogP contribution is -2.12. The van der Waals surface area contributed by atoms with Crippen LogP contribution in [-0.4, -0.2) is 11.7 Å². The molecule has 1 unspecified atom stereocenters. The fraction of sp³-hybridized carbons (Fsp3) is 0.455. The summed E-state index contributed by atoms with van der Waals surface area (Å²) in [6, 6.07) is 4.81. The van der Waals surface area contributed by atoms with Crippen LogP contribution in [0.4, 0.5) is 4.39 Å². The van der Waals surface area contributed by atoms with Crippen molar-refractivity contribution in [2.75, 3.05) is 6.61 Å². The lowest BCUT2D eigenvalue weighted by atomic mass is 9.89. The largest absolute Gasteiger partial charge is 0.396 e. The Morgan fingerprint density at radius 2 is 2.07 bits per heavy atom. The third-order valence-electron chi connectivity index (χ3n) is 2.36. The molecule has 0 heterocycles. The molecule has 1 atom stereocenters. The molecule has 1 rings (SSSR count). The summed E-state index contributed by atoms with van der Waals surface area (Å²) in [6.45, 7) is 3.92. The van der Waals surface area contributed by atoms with Crippen molar-refractivity contribution in [2.45, 2.75) is 19.8 Å². The fourth-order valence-corrected chi connectivity index (χ4v) is 1.85. The Kier molecular flexibility index (Phi) is 4.08. The van der Waals surface area contributed by atoms with Crippen LogP contribution >= 0.6 is 15.9 Å². The molecule has 0 amide bonds. The van der Waals surface area contributed by atoms with Crippen molar-refractivity contribution >= 4 is 15.9 Å². The van der Waals surface area contributed by atoms with Gasteiger partial charge in [-0.15, -0.1) is 0 Å². The van der Waals surface area contributed by atoms with Gasteiger partial charge in [0.15, 0.2) is 0 Å². The molecule has 0 aliphatic rings. The van der Waals surface area contributed by atoms with E-state index in [4.69, 9.17) is 0 Å². The van der Waals surface area contributed by atoms with Gasteiger partial charge in [-0.25, -0.2) is 4.39 Å². The van der Waals surface area contributed by atoms with E-state index in [0.29, 0.717) is 5.56 Å². The van der Waals surface area contributed by atoms with Crippen molar-refractivity contribution in [2.24, 2.45) is 5.92 Å². The monoisotopic (exact) mass is 260 g/mol. The molecular weight excluding hydrogens is 247 g/mol. The van der Waals surface area contributed by atoms with Crippen LogP contribution in [-0.2, 0) is 0 Å². The van der Waals surface area contributed by atoms with Crippen LogP contribution in [0.25, 0.3) is 0 Å². The Morgan fingerprint density at radius 3 is 2.57 bits per heavy atom. The standard InChI is InChI=1S/C11H14BrFO/c1-7(2)10(6-14)9-5-8(12)3-4-11(9)13/h3-5,7,10,14H,6H2,1-2H3. The maximum Gasteiger partial charge on any atom is 0.126 e. The number of benzene rings is 1. The predicted octanol–water partition coefficient (Wildman–Crippen LogP) is 3.32. The molecule has 0 aliphatic carbocycles. The van der Waals surface area contributed by atoms with Crippen molar-refractivity contribution in [3.63, 3.8) is 0 Å². The highest BCUT2D eigenvalue weighted by Crippen LogP contribution is 2.28. The number of rotatable bonds is 3. The van der Waals surface area contributed by atoms with Crippen LogP contribution in [0.3, 0.4) is 0 Å². The summed E-state index contributed by atoms with van der Waals surface area (Å²) in [4.78, 5) is 0. The van der Waals surface area contributed by atoms with E-state index in [1.807, 2.05) is 13.8 Å². The molecule has 14 heavy (non-hydrogen) atoms. The number of halogens is 2. The molecule has 3 heteroatoms. The van der Waals surface area contributed by atoms with E-state index in [1.54, 1.807) is 12.1 Å². The minimum Gasteiger partial charge on any atom is -0.396 e. The summed E-state index contributed by atoms with van der Waals surface area (Å²) in [5.74, 6) is -0.155. The summed E-state index contributed by atoms with van der Waals surface area (Å²) in [7, 11) is 0. The molecule has 0 saturated heterocycles. The van der Waals surface area contributed by atoms with E-state index >= 15 is 0 Å². The predicted molar refractivity (Wildman–Crippen MR) is 58.8 cm³/mol. The molecule has 1 aromatic rings. The van der Waals surface area contributed by atoms with Gasteiger partial charge in [-0.05, 0) is 29.7 Å². The Hall–Kier alpha value is -0.410. The fourth-order valence-electron chi connectivity index (χ4n) is 1.47. The normalized spacial score (nSPS) is 13.3. The third kappa shape index (κ3) is 2.55. The van der Waals surface area contributed by atoms with Crippen molar-refractivity contribution < 1.29 is 9.50 Å². The minimum absolute atomic E-state index is 0.0228. The van der Waals surface area contributed by atoms with Crippen LogP contribution in [0.1, 0.15) is 25.3 Å². The second kappa shape index (κ2) is 4.89. The Labute approximate surface area is 92.1 Å². The Balaban J connectivity index is 3.08. The lowest BCUT2D eigenvalue weighted by molar-refractivity contribution is 0.234. The number of hydrogen-bond donors (Lipinski definition) is 1. The van der Waals surface area contributed by atoms with E-state index in [1.165, 1.54) is 6.07 Å². The van der Waals surface area contributed by atoms with Gasteiger partial charge in [0.25, 0.3) is 0 Å². The van der Waals surface area contributed by atoms with Crippen LogP contribution in [0.5, 0.6) is 0 Å². The van der Waals surface area contributed by atoms with Crippen molar-refractivity contribution in [3.8, 4) is 0 Å². The summed E-state index contributed by atoms with van der Waals surface area (Å²) in [6.07, 6.45) is 0. The first-order valence-corrected chi connectivity index (χ1v) is 5.41. The van der Waals surface area contributed by atoms with Crippen LogP contribution in [0.15, 0.2) is 22.7 Å². The van der Waals surface area contributed by atoms with Gasteiger partial charge in [-0.3, -0.25) is 0 Å². The second-order valence-corrected chi connectivity index (χ2v) is 4.61. The molecule has 0 bridgehead atoms. The van der Waals surface area contributed by atoms with Gasteiger partial charge < -0.3 is 5.11 Å². The number of aliphatic hydroxyl groups excluding tert-OH is 1. The number of aliphatic hydroxyl groups is 1. The topological polar surface area (TPSA) is 20.2 Å². The van der Waals surface area contributed by atoms with Crippen molar-refractivity contribution in [1.29, 1.82) is 0 Å². The first-order chi connectivity index (χ1) is 6.56. The maximum atomic E-state index is 13.4. The van der Waals surface area contributed by atoms with E-state index in [9.17, 15) is 9.50 Å². The van der Waals surface area contributed by atoms with Crippen LogP contribution in [0, 0.1) is 11.7 Å². The zero-order valence-corrected chi connectivity index (χ0v) is 9.88. The number of hydrogen-bond acceptors (Lipinski definition) is 1. The molecule has 0 aromatic heterocycles. The molecule has 0 saturated carbocycles. The van der Waals surface area contributed by atoms with E-state index < -0.39 is 0 Å². The SMILES string of the molecule is CC(C)C(CO)c1cc(Br)ccc1F. The van der Waals surface area contributed by atoms with Crippen LogP contribution < -0.4 is 0 Å². The molecule has 0 radical (unpaired) electrons. The molecular formula is C11H14BrFO. The third-order valence-corrected chi connectivity index (χ3v) is 2.85. The first-order valence-electron chi connectivity index (χ1n) is 4.62. The highest BCUT2D eigenvalue weighted by Gasteiger charge is 2.18. The summed E-state index contributed by atoms with van der Waals surface area (Å²) in [5, 5.41) is 9.18. The van der Waals surface area contributed by atoms with Gasteiger partial charge in [0.05, 0.1) is 6.61 Å². The average molecular weight is 261 g/mol. The quantitative estimate of drug-likeness (QED) is 0.884. The van der Waals surface area contributed by atoms with Gasteiger partial charge in [0.1, 0.15) is 5.82 Å². The summed E-state index contributed by atoms with van der Waals surface area (Å²) >= 11 is 3.29. The van der Waals surface area contributed by atoms with Gasteiger partial charge in [-0.1, -0.05) is 29.8 Å². The molecule has 0 spiro atoms. The first kappa shape index (κ1) is 11.7. The maximum absolute atomic E-state index is 13.4. The molecule has 0 fully saturated rings. The molecule has 0 aliphatic heterocycles. The lowest BCUT2D eigenvalue weighted by Gasteiger charge is -2.19. The molecule has 1 N–H and O–H groups in total. The second-order valence-electron chi connectivity index (χ2n) is 3.70. The summed E-state index contributed by atoms with van der Waals surface area (Å²) < 4.78 is 14.3.